The zero-order chi connectivity index (χ0) is 26.6. The van der Waals surface area contributed by atoms with Gasteiger partial charge in [-0.3, -0.25) is 4.90 Å². The summed E-state index contributed by atoms with van der Waals surface area (Å²) in [6.07, 6.45) is 7.64. The maximum absolute atomic E-state index is 12.2. The zero-order valence-electron chi connectivity index (χ0n) is 23.4. The van der Waals surface area contributed by atoms with Crippen LogP contribution in [-0.4, -0.2) is 58.7 Å². The van der Waals surface area contributed by atoms with Crippen LogP contribution in [0.3, 0.4) is 0 Å². The van der Waals surface area contributed by atoms with Crippen molar-refractivity contribution in [3.05, 3.63) is 23.3 Å². The number of phenolic OH excluding ortho intramolecular Hbond substituents is 1. The van der Waals surface area contributed by atoms with Crippen molar-refractivity contribution in [2.45, 2.75) is 108 Å². The van der Waals surface area contributed by atoms with E-state index in [0.717, 1.165) is 44.6 Å². The number of hydrogen-bond acceptors (Lipinski definition) is 6. The third kappa shape index (κ3) is 2.97. The molecule has 0 radical (unpaired) electrons. The molecule has 2 heterocycles. The highest BCUT2D eigenvalue weighted by atomic mass is 16.6. The molecule has 1 saturated heterocycles. The molecule has 7 aliphatic rings. The predicted molar refractivity (Wildman–Crippen MR) is 141 cm³/mol. The minimum atomic E-state index is -0.909. The highest BCUT2D eigenvalue weighted by molar-refractivity contribution is 5.63. The van der Waals surface area contributed by atoms with Gasteiger partial charge in [-0.05, 0) is 81.4 Å². The number of rotatable bonds is 4. The smallest absolute Gasteiger partial charge is 0.165 e. The molecule has 4 bridgehead atoms. The van der Waals surface area contributed by atoms with Crippen LogP contribution >= 0.6 is 0 Å². The third-order valence-corrected chi connectivity index (χ3v) is 11.9. The Morgan fingerprint density at radius 2 is 1.89 bits per heavy atom. The van der Waals surface area contributed by atoms with Crippen molar-refractivity contribution >= 4 is 0 Å². The van der Waals surface area contributed by atoms with E-state index in [9.17, 15) is 10.2 Å². The Morgan fingerprint density at radius 3 is 2.51 bits per heavy atom. The molecule has 1 aromatic carbocycles. The van der Waals surface area contributed by atoms with Crippen LogP contribution < -0.4 is 4.74 Å². The molecular weight excluding hydrogens is 464 g/mol. The Morgan fingerprint density at radius 1 is 1.19 bits per heavy atom. The molecule has 0 amide bonds. The van der Waals surface area contributed by atoms with Crippen LogP contribution in [0.4, 0.5) is 0 Å². The molecule has 6 nitrogen and oxygen atoms in total. The molecule has 0 unspecified atom stereocenters. The van der Waals surface area contributed by atoms with Gasteiger partial charge in [0.1, 0.15) is 11.7 Å². The molecule has 6 heteroatoms. The van der Waals surface area contributed by atoms with Gasteiger partial charge in [0.15, 0.2) is 11.5 Å². The van der Waals surface area contributed by atoms with Crippen molar-refractivity contribution in [3.63, 3.8) is 0 Å². The maximum atomic E-state index is 12.2. The molecule has 2 aliphatic heterocycles. The number of aliphatic hydroxyl groups is 1. The lowest BCUT2D eigenvalue weighted by atomic mass is 9.33. The highest BCUT2D eigenvalue weighted by Crippen LogP contribution is 2.78. The number of likely N-dealkylation sites (tertiary alicyclic amines) is 1. The first kappa shape index (κ1) is 25.5. The van der Waals surface area contributed by atoms with Gasteiger partial charge in [-0.1, -0.05) is 26.8 Å². The maximum Gasteiger partial charge on any atom is 0.165 e. The van der Waals surface area contributed by atoms with Crippen LogP contribution in [0.2, 0.25) is 0 Å². The molecule has 202 valence electrons. The van der Waals surface area contributed by atoms with E-state index < -0.39 is 11.2 Å². The Balaban J connectivity index is 0.000000804. The first-order valence-corrected chi connectivity index (χ1v) is 14.3. The molecule has 7 atom stereocenters. The van der Waals surface area contributed by atoms with Gasteiger partial charge >= 0.3 is 0 Å². The van der Waals surface area contributed by atoms with Gasteiger partial charge < -0.3 is 19.7 Å². The second-order valence-corrected chi connectivity index (χ2v) is 14.0. The van der Waals surface area contributed by atoms with Gasteiger partial charge in [-0.2, -0.15) is 5.26 Å². The summed E-state index contributed by atoms with van der Waals surface area (Å²) in [7, 11) is 1.83. The number of piperidine rings is 1. The Hall–Kier alpha value is -1.81. The number of nitriles is 1. The lowest BCUT2D eigenvalue weighted by molar-refractivity contribution is -0.312. The number of phenols is 1. The zero-order valence-corrected chi connectivity index (χ0v) is 23.4. The predicted octanol–water partition coefficient (Wildman–Crippen LogP) is 4.94. The molecule has 2 spiro atoms. The molecule has 5 aliphatic carbocycles. The molecule has 37 heavy (non-hydrogen) atoms. The van der Waals surface area contributed by atoms with Gasteiger partial charge in [-0.15, -0.1) is 0 Å². The summed E-state index contributed by atoms with van der Waals surface area (Å²) < 4.78 is 13.5. The number of ether oxygens (including phenoxy) is 2. The van der Waals surface area contributed by atoms with E-state index in [0.29, 0.717) is 11.8 Å². The Bertz CT molecular complexity index is 1150. The summed E-state index contributed by atoms with van der Waals surface area (Å²) in [4.78, 5) is 2.82. The summed E-state index contributed by atoms with van der Waals surface area (Å²) in [5.74, 6) is 1.80. The minimum absolute atomic E-state index is 0.0294. The number of methoxy groups -OCH3 is 1. The van der Waals surface area contributed by atoms with Gasteiger partial charge in [0.05, 0.1) is 11.7 Å². The highest BCUT2D eigenvalue weighted by Gasteiger charge is 2.82. The topological polar surface area (TPSA) is 86.0 Å². The second kappa shape index (κ2) is 7.87. The fourth-order valence-electron chi connectivity index (χ4n) is 9.58. The fourth-order valence-corrected chi connectivity index (χ4v) is 9.58. The summed E-state index contributed by atoms with van der Waals surface area (Å²) in [5, 5.41) is 30.5. The van der Waals surface area contributed by atoms with Crippen LogP contribution in [0.1, 0.15) is 84.3 Å². The second-order valence-electron chi connectivity index (χ2n) is 14.0. The first-order chi connectivity index (χ1) is 17.4. The number of benzene rings is 1. The van der Waals surface area contributed by atoms with Gasteiger partial charge in [0, 0.05) is 48.9 Å². The molecule has 8 rings (SSSR count). The van der Waals surface area contributed by atoms with E-state index in [1.54, 1.807) is 6.07 Å². The lowest BCUT2D eigenvalue weighted by Crippen LogP contribution is -2.83. The first-order valence-electron chi connectivity index (χ1n) is 14.3. The van der Waals surface area contributed by atoms with E-state index in [1.807, 2.05) is 20.1 Å². The van der Waals surface area contributed by atoms with Crippen LogP contribution in [0, 0.1) is 34.0 Å². The monoisotopic (exact) mass is 508 g/mol. The normalized spacial score (nSPS) is 40.5. The van der Waals surface area contributed by atoms with Crippen molar-refractivity contribution in [1.82, 2.24) is 4.90 Å². The Kier molecular flexibility index (Phi) is 5.42. The summed E-state index contributed by atoms with van der Waals surface area (Å²) >= 11 is 0. The quantitative estimate of drug-likeness (QED) is 0.599. The fraction of sp³-hybridized carbons (Fsp3) is 0.774. The van der Waals surface area contributed by atoms with Gasteiger partial charge in [0.2, 0.25) is 0 Å². The van der Waals surface area contributed by atoms with E-state index in [1.165, 1.54) is 37.4 Å². The van der Waals surface area contributed by atoms with Gasteiger partial charge in [0.25, 0.3) is 0 Å². The van der Waals surface area contributed by atoms with E-state index in [4.69, 9.17) is 14.7 Å². The Labute approximate surface area is 221 Å². The van der Waals surface area contributed by atoms with Crippen LogP contribution in [0.25, 0.3) is 0 Å². The van der Waals surface area contributed by atoms with Crippen molar-refractivity contribution in [2.24, 2.45) is 22.7 Å². The average molecular weight is 509 g/mol. The number of aromatic hydroxyl groups is 1. The largest absolute Gasteiger partial charge is 0.504 e. The third-order valence-electron chi connectivity index (χ3n) is 11.9. The molecule has 2 N–H and O–H groups in total. The molecule has 4 saturated carbocycles. The van der Waals surface area contributed by atoms with Crippen LogP contribution in [-0.2, 0) is 16.6 Å². The number of nitrogens with zero attached hydrogens (tertiary/aromatic N) is 2. The van der Waals surface area contributed by atoms with E-state index >= 15 is 0 Å². The SMILES string of the molecule is CC#N.CO[C@]12CC[C@@]3(C[C@@H]1[C@](C)(O)C(C)(C)C)[C@H]1Cc4ccc(O)c5c4[C@@]3(CCN1CC1CC1)[C@H]2O5. The summed E-state index contributed by atoms with van der Waals surface area (Å²) in [6, 6.07) is 6.21. The van der Waals surface area contributed by atoms with E-state index in [2.05, 4.69) is 31.7 Å². The number of hydrogen-bond donors (Lipinski definition) is 2. The minimum Gasteiger partial charge on any atom is -0.504 e. The van der Waals surface area contributed by atoms with Crippen molar-refractivity contribution in [1.29, 1.82) is 5.26 Å². The average Bonchev–Trinajstić information content (AvgIpc) is 3.58. The van der Waals surface area contributed by atoms with Crippen LogP contribution in [0.5, 0.6) is 11.5 Å². The van der Waals surface area contributed by atoms with E-state index in [-0.39, 0.29) is 34.0 Å². The lowest BCUT2D eigenvalue weighted by Gasteiger charge is -2.75. The summed E-state index contributed by atoms with van der Waals surface area (Å²) in [5.41, 5.74) is 0.783. The standard InChI is InChI=1S/C29H41NO4.C2H3N/c1-25(2,3)26(4,32)20-15-27-10-11-29(20,33-5)24-28(27)12-13-30(16-17-6-7-17)21(27)14-18-8-9-19(31)23(34-24)22(18)28;1-2-3/h8-9,17,20-21,24,31-32H,6-7,10-16H2,1-5H3;1H3/t20-,21-,24-,26+,27-,28+,29-;/m1./s1. The molecule has 0 aromatic heterocycles. The summed E-state index contributed by atoms with van der Waals surface area (Å²) in [6.45, 7) is 12.2. The van der Waals surface area contributed by atoms with Crippen molar-refractivity contribution in [3.8, 4) is 17.6 Å². The molecule has 1 aromatic rings. The van der Waals surface area contributed by atoms with Crippen molar-refractivity contribution in [2.75, 3.05) is 20.2 Å². The van der Waals surface area contributed by atoms with Crippen LogP contribution in [0.15, 0.2) is 12.1 Å². The van der Waals surface area contributed by atoms with Crippen molar-refractivity contribution < 1.29 is 19.7 Å². The molecular formula is C31H44N2O4. The number of fused-ring (bicyclic) bond motifs is 2. The van der Waals surface area contributed by atoms with Gasteiger partial charge in [-0.25, -0.2) is 0 Å². The molecule has 5 fully saturated rings.